The zero-order chi connectivity index (χ0) is 14.3. The molecule has 1 aromatic carbocycles. The van der Waals surface area contributed by atoms with Gasteiger partial charge in [0.1, 0.15) is 0 Å². The Morgan fingerprint density at radius 1 is 1.06 bits per heavy atom. The van der Waals surface area contributed by atoms with E-state index in [0.717, 1.165) is 0 Å². The number of hydrogen-bond donors (Lipinski definition) is 1. The van der Waals surface area contributed by atoms with E-state index < -0.39 is 39.5 Å². The first-order valence-electron chi connectivity index (χ1n) is 4.16. The van der Waals surface area contributed by atoms with Crippen molar-refractivity contribution in [3.8, 4) is 0 Å². The van der Waals surface area contributed by atoms with Gasteiger partial charge in [-0.25, -0.2) is 4.79 Å². The molecular weight excluding hydrogens is 334 g/mol. The average Bonchev–Trinajstić information content (AvgIpc) is 2.12. The number of rotatable bonds is 1. The van der Waals surface area contributed by atoms with E-state index >= 15 is 0 Å². The van der Waals surface area contributed by atoms with E-state index in [1.165, 1.54) is 0 Å². The highest BCUT2D eigenvalue weighted by Gasteiger charge is 2.46. The molecule has 0 unspecified atom stereocenters. The zero-order valence-electron chi connectivity index (χ0n) is 8.16. The van der Waals surface area contributed by atoms with Crippen LogP contribution in [-0.2, 0) is 12.4 Å². The van der Waals surface area contributed by atoms with E-state index in [1.54, 1.807) is 0 Å². The van der Waals surface area contributed by atoms with Crippen molar-refractivity contribution in [2.75, 3.05) is 0 Å². The number of aromatic carboxylic acids is 1. The highest BCUT2D eigenvalue weighted by atomic mass is 79.9. The van der Waals surface area contributed by atoms with Crippen LogP contribution < -0.4 is 0 Å². The van der Waals surface area contributed by atoms with E-state index in [4.69, 9.17) is 5.11 Å². The molecule has 100 valence electrons. The lowest BCUT2D eigenvalue weighted by atomic mass is 10.00. The van der Waals surface area contributed by atoms with Crippen molar-refractivity contribution in [1.82, 2.24) is 0 Å². The van der Waals surface area contributed by atoms with Gasteiger partial charge in [0.05, 0.1) is 16.7 Å². The molecule has 0 aliphatic rings. The fraction of sp³-hybridized carbons (Fsp3) is 0.222. The molecule has 0 aromatic heterocycles. The van der Waals surface area contributed by atoms with Crippen molar-refractivity contribution in [1.29, 1.82) is 0 Å². The number of carbonyl (C=O) groups is 1. The summed E-state index contributed by atoms with van der Waals surface area (Å²) in [6.07, 6.45) is -10.7. The second-order valence-electron chi connectivity index (χ2n) is 3.18. The van der Waals surface area contributed by atoms with Crippen LogP contribution in [0.2, 0.25) is 0 Å². The number of carboxylic acid groups (broad SMARTS) is 1. The second-order valence-corrected chi connectivity index (χ2v) is 4.09. The van der Waals surface area contributed by atoms with Crippen molar-refractivity contribution in [3.63, 3.8) is 0 Å². The Balaban J connectivity index is 3.76. The van der Waals surface area contributed by atoms with Crippen LogP contribution in [0.3, 0.4) is 0 Å². The molecule has 1 rings (SSSR count). The number of alkyl halides is 6. The SMILES string of the molecule is O=C(O)c1cc(Br)cc(C(F)(F)F)c1C(F)(F)F. The highest BCUT2D eigenvalue weighted by molar-refractivity contribution is 9.10. The number of hydrogen-bond acceptors (Lipinski definition) is 1. The molecule has 9 heteroatoms. The lowest BCUT2D eigenvalue weighted by molar-refractivity contribution is -0.162. The summed E-state index contributed by atoms with van der Waals surface area (Å²) in [6.45, 7) is 0. The van der Waals surface area contributed by atoms with Gasteiger partial charge in [0, 0.05) is 4.47 Å². The third-order valence-corrected chi connectivity index (χ3v) is 2.38. The summed E-state index contributed by atoms with van der Waals surface area (Å²) in [7, 11) is 0. The Bertz CT molecular complexity index is 491. The van der Waals surface area contributed by atoms with Crippen LogP contribution in [0, 0.1) is 0 Å². The molecule has 0 saturated heterocycles. The van der Waals surface area contributed by atoms with Crippen LogP contribution >= 0.6 is 15.9 Å². The lowest BCUT2D eigenvalue weighted by Crippen LogP contribution is -2.21. The summed E-state index contributed by atoms with van der Waals surface area (Å²) < 4.78 is 74.7. The first kappa shape index (κ1) is 14.8. The minimum atomic E-state index is -5.42. The van der Waals surface area contributed by atoms with Gasteiger partial charge in [0.2, 0.25) is 0 Å². The van der Waals surface area contributed by atoms with Gasteiger partial charge in [-0.05, 0) is 12.1 Å². The molecule has 18 heavy (non-hydrogen) atoms. The van der Waals surface area contributed by atoms with E-state index in [2.05, 4.69) is 15.9 Å². The van der Waals surface area contributed by atoms with E-state index in [1.807, 2.05) is 0 Å². The van der Waals surface area contributed by atoms with Crippen molar-refractivity contribution in [2.24, 2.45) is 0 Å². The largest absolute Gasteiger partial charge is 0.478 e. The standard InChI is InChI=1S/C9H3BrF6O2/c10-3-1-4(7(17)18)6(9(14,15)16)5(2-3)8(11,12)13/h1-2H,(H,17,18). The molecule has 2 nitrogen and oxygen atoms in total. The number of halogens is 7. The van der Waals surface area contributed by atoms with Crippen LogP contribution in [0.1, 0.15) is 21.5 Å². The highest BCUT2D eigenvalue weighted by Crippen LogP contribution is 2.43. The maximum Gasteiger partial charge on any atom is 0.417 e. The average molecular weight is 337 g/mol. The maximum atomic E-state index is 12.6. The van der Waals surface area contributed by atoms with E-state index in [0.29, 0.717) is 6.07 Å². The number of carboxylic acids is 1. The summed E-state index contributed by atoms with van der Waals surface area (Å²) in [4.78, 5) is 10.6. The summed E-state index contributed by atoms with van der Waals surface area (Å²) >= 11 is 2.54. The van der Waals surface area contributed by atoms with Crippen molar-refractivity contribution in [2.45, 2.75) is 12.4 Å². The second kappa shape index (κ2) is 4.45. The summed E-state index contributed by atoms with van der Waals surface area (Å²) in [5.41, 5.74) is -5.70. The molecule has 0 spiro atoms. The topological polar surface area (TPSA) is 37.3 Å². The van der Waals surface area contributed by atoms with Crippen molar-refractivity contribution >= 4 is 21.9 Å². The normalized spacial score (nSPS) is 12.6. The first-order valence-corrected chi connectivity index (χ1v) is 4.95. The molecule has 0 aliphatic carbocycles. The molecule has 0 fully saturated rings. The Labute approximate surface area is 104 Å². The van der Waals surface area contributed by atoms with Crippen LogP contribution in [0.25, 0.3) is 0 Å². The van der Waals surface area contributed by atoms with Crippen molar-refractivity contribution < 1.29 is 36.2 Å². The summed E-state index contributed by atoms with van der Waals surface area (Å²) in [5, 5.41) is 8.56. The third kappa shape index (κ3) is 2.95. The van der Waals surface area contributed by atoms with Crippen LogP contribution in [0.4, 0.5) is 26.3 Å². The quantitative estimate of drug-likeness (QED) is 0.781. The third-order valence-electron chi connectivity index (χ3n) is 1.92. The fourth-order valence-electron chi connectivity index (χ4n) is 1.30. The first-order chi connectivity index (χ1) is 7.94. The zero-order valence-corrected chi connectivity index (χ0v) is 9.74. The van der Waals surface area contributed by atoms with Gasteiger partial charge in [0.15, 0.2) is 0 Å². The molecule has 0 bridgehead atoms. The maximum absolute atomic E-state index is 12.6. The Morgan fingerprint density at radius 2 is 1.56 bits per heavy atom. The van der Waals surface area contributed by atoms with Crippen LogP contribution in [0.5, 0.6) is 0 Å². The minimum Gasteiger partial charge on any atom is -0.478 e. The van der Waals surface area contributed by atoms with Gasteiger partial charge < -0.3 is 5.11 Å². The Kier molecular flexibility index (Phi) is 3.66. The van der Waals surface area contributed by atoms with Crippen LogP contribution in [-0.4, -0.2) is 11.1 Å². The fourth-order valence-corrected chi connectivity index (χ4v) is 1.76. The van der Waals surface area contributed by atoms with E-state index in [9.17, 15) is 31.1 Å². The lowest BCUT2D eigenvalue weighted by Gasteiger charge is -2.18. The van der Waals surface area contributed by atoms with Gasteiger partial charge in [-0.3, -0.25) is 0 Å². The molecule has 1 aromatic rings. The van der Waals surface area contributed by atoms with Crippen LogP contribution in [0.15, 0.2) is 16.6 Å². The summed E-state index contributed by atoms with van der Waals surface area (Å²) in [6, 6.07) is 0.662. The minimum absolute atomic E-state index is 0.190. The molecular formula is C9H3BrF6O2. The van der Waals surface area contributed by atoms with Gasteiger partial charge in [-0.1, -0.05) is 15.9 Å². The predicted molar refractivity (Wildman–Crippen MR) is 51.1 cm³/mol. The van der Waals surface area contributed by atoms with Crippen molar-refractivity contribution in [3.05, 3.63) is 33.3 Å². The predicted octanol–water partition coefficient (Wildman–Crippen LogP) is 4.18. The molecule has 0 aliphatic heterocycles. The molecule has 1 N–H and O–H groups in total. The van der Waals surface area contributed by atoms with Gasteiger partial charge in [-0.2, -0.15) is 26.3 Å². The molecule has 0 atom stereocenters. The van der Waals surface area contributed by atoms with E-state index in [-0.39, 0.29) is 6.07 Å². The molecule has 0 amide bonds. The van der Waals surface area contributed by atoms with Gasteiger partial charge in [-0.15, -0.1) is 0 Å². The van der Waals surface area contributed by atoms with Gasteiger partial charge in [0.25, 0.3) is 0 Å². The Morgan fingerprint density at radius 3 is 1.89 bits per heavy atom. The van der Waals surface area contributed by atoms with Gasteiger partial charge >= 0.3 is 18.3 Å². The molecule has 0 saturated carbocycles. The smallest absolute Gasteiger partial charge is 0.417 e. The molecule has 0 heterocycles. The number of benzene rings is 1. The monoisotopic (exact) mass is 336 g/mol. The summed E-state index contributed by atoms with van der Waals surface area (Å²) in [5.74, 6) is -2.09. The Hall–Kier alpha value is -1.25. The molecule has 0 radical (unpaired) electrons.